The molecule has 0 spiro atoms. The van der Waals surface area contributed by atoms with Crippen molar-refractivity contribution in [3.8, 4) is 11.3 Å². The van der Waals surface area contributed by atoms with Gasteiger partial charge in [0.2, 0.25) is 5.91 Å². The van der Waals surface area contributed by atoms with E-state index >= 15 is 0 Å². The van der Waals surface area contributed by atoms with Crippen molar-refractivity contribution in [3.63, 3.8) is 0 Å². The molecule has 0 aliphatic rings. The van der Waals surface area contributed by atoms with Gasteiger partial charge in [0.1, 0.15) is 11.3 Å². The number of benzene rings is 2. The Labute approximate surface area is 137 Å². The van der Waals surface area contributed by atoms with E-state index < -0.39 is 0 Å². The third-order valence-electron chi connectivity index (χ3n) is 3.47. The van der Waals surface area contributed by atoms with Crippen molar-refractivity contribution in [2.75, 3.05) is 5.32 Å². The largest absolute Gasteiger partial charge is 0.456 e. The second-order valence-corrected chi connectivity index (χ2v) is 5.47. The number of halogens is 1. The zero-order chi connectivity index (χ0) is 16.4. The minimum absolute atomic E-state index is 0.110. The van der Waals surface area contributed by atoms with Gasteiger partial charge in [0.05, 0.1) is 10.4 Å². The lowest BCUT2D eigenvalue weighted by atomic mass is 10.1. The minimum Gasteiger partial charge on any atom is -0.456 e. The first-order valence-electron chi connectivity index (χ1n) is 7.21. The molecule has 0 saturated heterocycles. The summed E-state index contributed by atoms with van der Waals surface area (Å²) in [6.07, 6.45) is 0.373. The van der Waals surface area contributed by atoms with Crippen molar-refractivity contribution in [1.29, 1.82) is 0 Å². The lowest BCUT2D eigenvalue weighted by molar-refractivity contribution is -0.115. The lowest BCUT2D eigenvalue weighted by Gasteiger charge is -2.07. The van der Waals surface area contributed by atoms with Gasteiger partial charge in [0, 0.05) is 23.7 Å². The van der Waals surface area contributed by atoms with Crippen molar-refractivity contribution in [3.05, 3.63) is 63.8 Å². The molecular formula is C18H14ClNO3. The van der Waals surface area contributed by atoms with Gasteiger partial charge in [-0.2, -0.15) is 0 Å². The number of hydrogen-bond donors (Lipinski definition) is 1. The highest BCUT2D eigenvalue weighted by atomic mass is 35.5. The second-order valence-electron chi connectivity index (χ2n) is 5.07. The second kappa shape index (κ2) is 6.26. The zero-order valence-electron chi connectivity index (χ0n) is 12.4. The van der Waals surface area contributed by atoms with Crippen molar-refractivity contribution >= 4 is 34.2 Å². The fourth-order valence-electron chi connectivity index (χ4n) is 2.28. The van der Waals surface area contributed by atoms with Gasteiger partial charge < -0.3 is 9.73 Å². The summed E-state index contributed by atoms with van der Waals surface area (Å²) in [7, 11) is 0. The van der Waals surface area contributed by atoms with Crippen LogP contribution in [0.4, 0.5) is 5.69 Å². The average molecular weight is 328 g/mol. The molecule has 1 heterocycles. The van der Waals surface area contributed by atoms with E-state index in [1.807, 2.05) is 12.1 Å². The summed E-state index contributed by atoms with van der Waals surface area (Å²) < 4.78 is 5.80. The highest BCUT2D eigenvalue weighted by molar-refractivity contribution is 6.33. The monoisotopic (exact) mass is 327 g/mol. The molecule has 0 saturated carbocycles. The molecule has 0 fully saturated rings. The summed E-state index contributed by atoms with van der Waals surface area (Å²) in [5.74, 6) is 0.305. The van der Waals surface area contributed by atoms with E-state index in [1.54, 1.807) is 37.3 Å². The third-order valence-corrected chi connectivity index (χ3v) is 3.80. The molecule has 2 aromatic carbocycles. The van der Waals surface area contributed by atoms with Gasteiger partial charge in [0.25, 0.3) is 0 Å². The molecular weight excluding hydrogens is 314 g/mol. The average Bonchev–Trinajstić information content (AvgIpc) is 2.55. The van der Waals surface area contributed by atoms with Crippen LogP contribution in [-0.4, -0.2) is 5.91 Å². The van der Waals surface area contributed by atoms with Gasteiger partial charge >= 0.3 is 0 Å². The number of nitrogens with one attached hydrogen (secondary N) is 1. The third kappa shape index (κ3) is 3.12. The molecule has 1 aromatic heterocycles. The Balaban J connectivity index is 2.10. The van der Waals surface area contributed by atoms with Crippen molar-refractivity contribution in [1.82, 2.24) is 0 Å². The molecule has 0 aliphatic heterocycles. The van der Waals surface area contributed by atoms with Crippen molar-refractivity contribution < 1.29 is 9.21 Å². The Morgan fingerprint density at radius 3 is 2.70 bits per heavy atom. The summed E-state index contributed by atoms with van der Waals surface area (Å²) in [6, 6.07) is 13.6. The van der Waals surface area contributed by atoms with E-state index in [0.29, 0.717) is 39.4 Å². The van der Waals surface area contributed by atoms with Crippen LogP contribution in [0.5, 0.6) is 0 Å². The van der Waals surface area contributed by atoms with Crippen LogP contribution in [0.25, 0.3) is 22.3 Å². The molecule has 116 valence electrons. The van der Waals surface area contributed by atoms with E-state index in [9.17, 15) is 9.59 Å². The Kier molecular flexibility index (Phi) is 4.17. The SMILES string of the molecule is CCC(=O)Nc1ccc2oc(-c3ccccc3Cl)cc(=O)c2c1. The Hall–Kier alpha value is -2.59. The summed E-state index contributed by atoms with van der Waals surface area (Å²) in [5, 5.41) is 3.65. The van der Waals surface area contributed by atoms with E-state index in [-0.39, 0.29) is 11.3 Å². The molecule has 0 unspecified atom stereocenters. The molecule has 0 aliphatic carbocycles. The standard InChI is InChI=1S/C18H14ClNO3/c1-2-18(22)20-11-7-8-16-13(9-11)15(21)10-17(23-16)12-5-3-4-6-14(12)19/h3-10H,2H2,1H3,(H,20,22). The van der Waals surface area contributed by atoms with Crippen molar-refractivity contribution in [2.45, 2.75) is 13.3 Å². The predicted octanol–water partition coefficient (Wildman–Crippen LogP) is 4.46. The molecule has 3 aromatic rings. The molecule has 4 nitrogen and oxygen atoms in total. The van der Waals surface area contributed by atoms with Crippen LogP contribution in [0.3, 0.4) is 0 Å². The van der Waals surface area contributed by atoms with E-state index in [1.165, 1.54) is 6.07 Å². The maximum atomic E-state index is 12.4. The number of carbonyl (C=O) groups is 1. The van der Waals surface area contributed by atoms with E-state index in [2.05, 4.69) is 5.32 Å². The van der Waals surface area contributed by atoms with Crippen LogP contribution in [0, 0.1) is 0 Å². The topological polar surface area (TPSA) is 59.3 Å². The fraction of sp³-hybridized carbons (Fsp3) is 0.111. The minimum atomic E-state index is -0.186. The molecule has 5 heteroatoms. The molecule has 0 atom stereocenters. The fourth-order valence-corrected chi connectivity index (χ4v) is 2.51. The number of amides is 1. The molecule has 0 radical (unpaired) electrons. The first-order chi connectivity index (χ1) is 11.1. The van der Waals surface area contributed by atoms with Gasteiger partial charge in [-0.05, 0) is 30.3 Å². The molecule has 3 rings (SSSR count). The highest BCUT2D eigenvalue weighted by Gasteiger charge is 2.10. The molecule has 1 amide bonds. The lowest BCUT2D eigenvalue weighted by Crippen LogP contribution is -2.10. The van der Waals surface area contributed by atoms with Gasteiger partial charge in [-0.15, -0.1) is 0 Å². The quantitative estimate of drug-likeness (QED) is 0.772. The maximum absolute atomic E-state index is 12.4. The van der Waals surface area contributed by atoms with Crippen LogP contribution in [0.1, 0.15) is 13.3 Å². The maximum Gasteiger partial charge on any atom is 0.224 e. The highest BCUT2D eigenvalue weighted by Crippen LogP contribution is 2.29. The predicted molar refractivity (Wildman–Crippen MR) is 91.9 cm³/mol. The van der Waals surface area contributed by atoms with Gasteiger partial charge in [-0.3, -0.25) is 9.59 Å². The van der Waals surface area contributed by atoms with Gasteiger partial charge in [-0.25, -0.2) is 0 Å². The van der Waals surface area contributed by atoms with Gasteiger partial charge in [0.15, 0.2) is 5.43 Å². The summed E-state index contributed by atoms with van der Waals surface area (Å²) >= 11 is 6.15. The summed E-state index contributed by atoms with van der Waals surface area (Å²) in [5.41, 5.74) is 1.49. The number of hydrogen-bond acceptors (Lipinski definition) is 3. The smallest absolute Gasteiger partial charge is 0.224 e. The van der Waals surface area contributed by atoms with E-state index in [0.717, 1.165) is 0 Å². The summed E-state index contributed by atoms with van der Waals surface area (Å²) in [6.45, 7) is 1.76. The van der Waals surface area contributed by atoms with Crippen LogP contribution >= 0.6 is 11.6 Å². The van der Waals surface area contributed by atoms with Crippen molar-refractivity contribution in [2.24, 2.45) is 0 Å². The first kappa shape index (κ1) is 15.3. The zero-order valence-corrected chi connectivity index (χ0v) is 13.2. The number of anilines is 1. The Bertz CT molecular complexity index is 946. The number of rotatable bonds is 3. The van der Waals surface area contributed by atoms with E-state index in [4.69, 9.17) is 16.0 Å². The van der Waals surface area contributed by atoms with Crippen LogP contribution in [0.15, 0.2) is 57.7 Å². The molecule has 23 heavy (non-hydrogen) atoms. The Morgan fingerprint density at radius 2 is 1.96 bits per heavy atom. The van der Waals surface area contributed by atoms with Crippen LogP contribution < -0.4 is 10.7 Å². The van der Waals surface area contributed by atoms with Crippen LogP contribution in [0.2, 0.25) is 5.02 Å². The normalized spacial score (nSPS) is 10.7. The number of fused-ring (bicyclic) bond motifs is 1. The molecule has 1 N–H and O–H groups in total. The van der Waals surface area contributed by atoms with Crippen LogP contribution in [-0.2, 0) is 4.79 Å². The number of carbonyl (C=O) groups excluding carboxylic acids is 1. The van der Waals surface area contributed by atoms with Gasteiger partial charge in [-0.1, -0.05) is 30.7 Å². The molecule has 0 bridgehead atoms. The Morgan fingerprint density at radius 1 is 1.17 bits per heavy atom. The summed E-state index contributed by atoms with van der Waals surface area (Å²) in [4.78, 5) is 23.8. The first-order valence-corrected chi connectivity index (χ1v) is 7.59.